The van der Waals surface area contributed by atoms with Crippen LogP contribution >= 0.6 is 0 Å². The molecule has 23 heavy (non-hydrogen) atoms. The second-order valence-electron chi connectivity index (χ2n) is 7.45. The van der Waals surface area contributed by atoms with Crippen LogP contribution < -0.4 is 10.8 Å². The molecule has 3 rings (SSSR count). The van der Waals surface area contributed by atoms with Gasteiger partial charge in [0, 0.05) is 6.04 Å². The molecule has 1 aromatic rings. The molecule has 0 radical (unpaired) electrons. The third kappa shape index (κ3) is 3.43. The molecular weight excluding hydrogens is 296 g/mol. The van der Waals surface area contributed by atoms with E-state index in [1.165, 1.54) is 12.1 Å². The Balaban J connectivity index is 1.83. The number of halogens is 1. The van der Waals surface area contributed by atoms with Crippen LogP contribution in [0.15, 0.2) is 18.2 Å². The third-order valence-corrected chi connectivity index (χ3v) is 4.91. The number of hydrogen-bond acceptors (Lipinski definition) is 3. The third-order valence-electron chi connectivity index (χ3n) is 4.91. The van der Waals surface area contributed by atoms with E-state index in [9.17, 15) is 9.18 Å². The molecule has 4 nitrogen and oxygen atoms in total. The lowest BCUT2D eigenvalue weighted by Gasteiger charge is -2.32. The quantitative estimate of drug-likeness (QED) is 0.863. The van der Waals surface area contributed by atoms with Gasteiger partial charge in [-0.3, -0.25) is 4.79 Å². The van der Waals surface area contributed by atoms with E-state index < -0.39 is 18.3 Å². The van der Waals surface area contributed by atoms with Crippen molar-refractivity contribution in [2.24, 2.45) is 0 Å². The molecule has 124 valence electrons. The van der Waals surface area contributed by atoms with E-state index in [0.29, 0.717) is 11.5 Å². The molecule has 0 unspecified atom stereocenters. The maximum atomic E-state index is 13.7. The average molecular weight is 319 g/mol. The zero-order valence-corrected chi connectivity index (χ0v) is 14.1. The number of carbonyl (C=O) groups excluding carboxylic acids is 1. The van der Waals surface area contributed by atoms with Gasteiger partial charge in [0.15, 0.2) is 0 Å². The molecule has 2 fully saturated rings. The predicted octanol–water partition coefficient (Wildman–Crippen LogP) is 1.95. The zero-order valence-electron chi connectivity index (χ0n) is 14.1. The highest BCUT2D eigenvalue weighted by Gasteiger charge is 2.52. The van der Waals surface area contributed by atoms with Gasteiger partial charge in [-0.05, 0) is 63.7 Å². The van der Waals surface area contributed by atoms with Crippen LogP contribution in [0.3, 0.4) is 0 Å². The molecule has 0 bridgehead atoms. The van der Waals surface area contributed by atoms with E-state index in [-0.39, 0.29) is 18.1 Å². The summed E-state index contributed by atoms with van der Waals surface area (Å²) < 4.78 is 25.7. The summed E-state index contributed by atoms with van der Waals surface area (Å²) in [4.78, 5) is 12.1. The summed E-state index contributed by atoms with van der Waals surface area (Å²) in [5.41, 5.74) is 0.326. The van der Waals surface area contributed by atoms with Crippen LogP contribution in [-0.4, -0.2) is 30.3 Å². The smallest absolute Gasteiger partial charge is 0.399 e. The Morgan fingerprint density at radius 2 is 1.87 bits per heavy atom. The van der Waals surface area contributed by atoms with Crippen molar-refractivity contribution in [3.63, 3.8) is 0 Å². The van der Waals surface area contributed by atoms with Gasteiger partial charge in [-0.2, -0.15) is 0 Å². The minimum absolute atomic E-state index is 0.0446. The zero-order chi connectivity index (χ0) is 16.8. The normalized spacial score (nSPS) is 22.2. The number of nitrogens with one attached hydrogen (secondary N) is 1. The van der Waals surface area contributed by atoms with Crippen LogP contribution in [0.1, 0.15) is 46.1 Å². The van der Waals surface area contributed by atoms with Crippen LogP contribution in [0.2, 0.25) is 0 Å². The molecule has 1 heterocycles. The largest absolute Gasteiger partial charge is 0.495 e. The van der Waals surface area contributed by atoms with E-state index in [1.807, 2.05) is 27.7 Å². The van der Waals surface area contributed by atoms with Crippen LogP contribution in [0.25, 0.3) is 0 Å². The molecule has 6 heteroatoms. The summed E-state index contributed by atoms with van der Waals surface area (Å²) in [7, 11) is -0.667. The Kier molecular flexibility index (Phi) is 4.01. The van der Waals surface area contributed by atoms with Crippen molar-refractivity contribution in [2.45, 2.75) is 64.2 Å². The molecule has 1 saturated heterocycles. The van der Waals surface area contributed by atoms with Crippen LogP contribution in [-0.2, 0) is 20.5 Å². The first kappa shape index (κ1) is 16.5. The fourth-order valence-corrected chi connectivity index (χ4v) is 2.60. The monoisotopic (exact) mass is 319 g/mol. The topological polar surface area (TPSA) is 47.6 Å². The van der Waals surface area contributed by atoms with E-state index in [1.54, 1.807) is 6.07 Å². The first-order valence-electron chi connectivity index (χ1n) is 8.11. The van der Waals surface area contributed by atoms with Crippen molar-refractivity contribution < 1.29 is 18.5 Å². The Labute approximate surface area is 136 Å². The molecule has 0 atom stereocenters. The fourth-order valence-electron chi connectivity index (χ4n) is 2.60. The van der Waals surface area contributed by atoms with E-state index in [0.717, 1.165) is 18.4 Å². The molecule has 1 aliphatic carbocycles. The molecule has 1 aliphatic heterocycles. The molecule has 1 aromatic carbocycles. The lowest BCUT2D eigenvalue weighted by atomic mass is 9.75. The van der Waals surface area contributed by atoms with Gasteiger partial charge >= 0.3 is 7.12 Å². The van der Waals surface area contributed by atoms with E-state index in [4.69, 9.17) is 9.31 Å². The van der Waals surface area contributed by atoms with E-state index >= 15 is 0 Å². The molecule has 1 amide bonds. The Morgan fingerprint density at radius 1 is 1.26 bits per heavy atom. The molecule has 0 aromatic heterocycles. The highest BCUT2D eigenvalue weighted by molar-refractivity contribution is 6.62. The van der Waals surface area contributed by atoms with Gasteiger partial charge in [0.25, 0.3) is 0 Å². The predicted molar refractivity (Wildman–Crippen MR) is 87.0 cm³/mol. The van der Waals surface area contributed by atoms with Gasteiger partial charge < -0.3 is 14.6 Å². The lowest BCUT2D eigenvalue weighted by Crippen LogP contribution is -2.41. The van der Waals surface area contributed by atoms with Crippen molar-refractivity contribution in [1.29, 1.82) is 0 Å². The van der Waals surface area contributed by atoms with Crippen molar-refractivity contribution >= 4 is 18.5 Å². The van der Waals surface area contributed by atoms with Gasteiger partial charge in [0.1, 0.15) is 5.82 Å². The van der Waals surface area contributed by atoms with Crippen molar-refractivity contribution in [3.05, 3.63) is 29.6 Å². The number of carbonyl (C=O) groups is 1. The second kappa shape index (κ2) is 5.60. The van der Waals surface area contributed by atoms with Crippen molar-refractivity contribution in [3.8, 4) is 0 Å². The number of amides is 1. The SMILES string of the molecule is CC1(C)OB(c2cc(F)ccc2CC(=O)NC2CC2)OC1(C)C. The molecule has 0 spiro atoms. The number of hydrogen-bond donors (Lipinski definition) is 1. The van der Waals surface area contributed by atoms with Gasteiger partial charge in [0.2, 0.25) is 5.91 Å². The minimum atomic E-state index is -0.667. The first-order valence-corrected chi connectivity index (χ1v) is 8.11. The van der Waals surface area contributed by atoms with Gasteiger partial charge in [-0.15, -0.1) is 0 Å². The summed E-state index contributed by atoms with van der Waals surface area (Å²) in [6.45, 7) is 7.80. The molecule has 1 N–H and O–H groups in total. The average Bonchev–Trinajstić information content (AvgIpc) is 3.19. The summed E-state index contributed by atoms with van der Waals surface area (Å²) in [6, 6.07) is 4.72. The van der Waals surface area contributed by atoms with Crippen LogP contribution in [0.4, 0.5) is 4.39 Å². The highest BCUT2D eigenvalue weighted by atomic mass is 19.1. The Hall–Kier alpha value is -1.40. The standard InChI is InChI=1S/C17H23BFNO3/c1-16(2)17(3,4)23-18(22-16)14-10-12(19)6-5-11(14)9-15(21)20-13-7-8-13/h5-6,10,13H,7-9H2,1-4H3,(H,20,21). The first-order chi connectivity index (χ1) is 10.7. The maximum Gasteiger partial charge on any atom is 0.495 e. The summed E-state index contributed by atoms with van der Waals surface area (Å²) >= 11 is 0. The Bertz CT molecular complexity index is 612. The van der Waals surface area contributed by atoms with Crippen LogP contribution in [0.5, 0.6) is 0 Å². The van der Waals surface area contributed by atoms with Crippen molar-refractivity contribution in [2.75, 3.05) is 0 Å². The maximum absolute atomic E-state index is 13.7. The lowest BCUT2D eigenvalue weighted by molar-refractivity contribution is -0.120. The Morgan fingerprint density at radius 3 is 2.43 bits per heavy atom. The minimum Gasteiger partial charge on any atom is -0.399 e. The fraction of sp³-hybridized carbons (Fsp3) is 0.588. The summed E-state index contributed by atoms with van der Waals surface area (Å²) in [5.74, 6) is -0.405. The van der Waals surface area contributed by atoms with Gasteiger partial charge in [-0.1, -0.05) is 6.07 Å². The highest BCUT2D eigenvalue weighted by Crippen LogP contribution is 2.36. The van der Waals surface area contributed by atoms with Gasteiger partial charge in [0.05, 0.1) is 17.6 Å². The summed E-state index contributed by atoms with van der Waals surface area (Å²) in [6.07, 6.45) is 2.29. The number of benzene rings is 1. The van der Waals surface area contributed by atoms with Gasteiger partial charge in [-0.25, -0.2) is 4.39 Å². The number of rotatable bonds is 4. The molecule has 1 saturated carbocycles. The molecular formula is C17H23BFNO3. The molecule has 2 aliphatic rings. The second-order valence-corrected chi connectivity index (χ2v) is 7.45. The van der Waals surface area contributed by atoms with Crippen LogP contribution in [0, 0.1) is 5.82 Å². The van der Waals surface area contributed by atoms with Crippen molar-refractivity contribution in [1.82, 2.24) is 5.32 Å². The van der Waals surface area contributed by atoms with E-state index in [2.05, 4.69) is 5.32 Å². The summed E-state index contributed by atoms with van der Waals surface area (Å²) in [5, 5.41) is 2.95.